The number of carbonyl (C=O) groups is 1. The van der Waals surface area contributed by atoms with Gasteiger partial charge in [0.15, 0.2) is 0 Å². The molecule has 5 nitrogen and oxygen atoms in total. The van der Waals surface area contributed by atoms with Crippen LogP contribution < -0.4 is 10.9 Å². The molecule has 2 N–H and O–H groups in total. The van der Waals surface area contributed by atoms with E-state index < -0.39 is 0 Å². The van der Waals surface area contributed by atoms with Crippen LogP contribution in [0.15, 0.2) is 35.1 Å². The highest BCUT2D eigenvalue weighted by molar-refractivity contribution is 5.78. The van der Waals surface area contributed by atoms with Crippen LogP contribution in [0.1, 0.15) is 22.6 Å². The molecular weight excluding hydrogens is 266 g/mol. The van der Waals surface area contributed by atoms with Crippen molar-refractivity contribution in [1.82, 2.24) is 15.3 Å². The Balaban J connectivity index is 1.89. The molecule has 0 aliphatic carbocycles. The highest BCUT2D eigenvalue weighted by Crippen LogP contribution is 2.01. The van der Waals surface area contributed by atoms with Crippen LogP contribution in [0.4, 0.5) is 0 Å². The molecule has 0 fully saturated rings. The van der Waals surface area contributed by atoms with Gasteiger partial charge in [-0.25, -0.2) is 4.98 Å². The fourth-order valence-electron chi connectivity index (χ4n) is 2.17. The van der Waals surface area contributed by atoms with Crippen molar-refractivity contribution in [2.75, 3.05) is 6.54 Å². The number of H-pyrrole nitrogens is 1. The minimum atomic E-state index is -0.238. The van der Waals surface area contributed by atoms with Gasteiger partial charge >= 0.3 is 0 Å². The first-order valence-electron chi connectivity index (χ1n) is 6.93. The fraction of sp³-hybridized carbons (Fsp3) is 0.312. The molecule has 0 atom stereocenters. The maximum absolute atomic E-state index is 11.9. The van der Waals surface area contributed by atoms with Crippen LogP contribution in [0, 0.1) is 13.8 Å². The minimum Gasteiger partial charge on any atom is -0.355 e. The molecule has 1 amide bonds. The molecule has 0 aliphatic heterocycles. The molecule has 2 aromatic rings. The quantitative estimate of drug-likeness (QED) is 0.869. The van der Waals surface area contributed by atoms with Gasteiger partial charge in [0.2, 0.25) is 5.91 Å². The SMILES string of the molecule is Cc1nc(C)c(CC(=O)NCCc2ccccc2)c(=O)[nH]1. The third kappa shape index (κ3) is 4.27. The first-order chi connectivity index (χ1) is 10.1. The van der Waals surface area contributed by atoms with Gasteiger partial charge in [-0.15, -0.1) is 0 Å². The molecule has 5 heteroatoms. The van der Waals surface area contributed by atoms with Crippen LogP contribution in [0.2, 0.25) is 0 Å². The zero-order chi connectivity index (χ0) is 15.2. The summed E-state index contributed by atoms with van der Waals surface area (Å²) in [6.45, 7) is 4.02. The number of hydrogen-bond acceptors (Lipinski definition) is 3. The lowest BCUT2D eigenvalue weighted by molar-refractivity contribution is -0.120. The zero-order valence-electron chi connectivity index (χ0n) is 12.3. The summed E-state index contributed by atoms with van der Waals surface area (Å²) < 4.78 is 0. The molecule has 0 bridgehead atoms. The van der Waals surface area contributed by atoms with E-state index in [1.807, 2.05) is 30.3 Å². The lowest BCUT2D eigenvalue weighted by Crippen LogP contribution is -2.30. The number of carbonyl (C=O) groups excluding carboxylic acids is 1. The molecule has 1 aromatic heterocycles. The Labute approximate surface area is 123 Å². The summed E-state index contributed by atoms with van der Waals surface area (Å²) in [5.41, 5.74) is 1.97. The van der Waals surface area contributed by atoms with Gasteiger partial charge in [-0.3, -0.25) is 9.59 Å². The van der Waals surface area contributed by atoms with E-state index in [2.05, 4.69) is 15.3 Å². The maximum atomic E-state index is 11.9. The van der Waals surface area contributed by atoms with Crippen molar-refractivity contribution in [1.29, 1.82) is 0 Å². The van der Waals surface area contributed by atoms with Gasteiger partial charge in [0.1, 0.15) is 5.82 Å². The summed E-state index contributed by atoms with van der Waals surface area (Å²) in [6.07, 6.45) is 0.831. The fourth-order valence-corrected chi connectivity index (χ4v) is 2.17. The van der Waals surface area contributed by atoms with Gasteiger partial charge in [-0.1, -0.05) is 30.3 Å². The summed E-state index contributed by atoms with van der Waals surface area (Å²) in [4.78, 5) is 30.5. The van der Waals surface area contributed by atoms with E-state index in [1.165, 1.54) is 5.56 Å². The first kappa shape index (κ1) is 15.0. The Morgan fingerprint density at radius 1 is 1.24 bits per heavy atom. The second-order valence-electron chi connectivity index (χ2n) is 4.98. The number of rotatable bonds is 5. The Hall–Kier alpha value is -2.43. The van der Waals surface area contributed by atoms with Crippen LogP contribution in [0.3, 0.4) is 0 Å². The predicted molar refractivity (Wildman–Crippen MR) is 81.2 cm³/mol. The molecule has 0 saturated heterocycles. The highest BCUT2D eigenvalue weighted by Gasteiger charge is 2.11. The average molecular weight is 285 g/mol. The third-order valence-electron chi connectivity index (χ3n) is 3.26. The maximum Gasteiger partial charge on any atom is 0.254 e. The van der Waals surface area contributed by atoms with Crippen LogP contribution in [0.5, 0.6) is 0 Å². The van der Waals surface area contributed by atoms with Crippen molar-refractivity contribution in [3.63, 3.8) is 0 Å². The smallest absolute Gasteiger partial charge is 0.254 e. The summed E-state index contributed by atoms with van der Waals surface area (Å²) in [5.74, 6) is 0.399. The molecule has 110 valence electrons. The summed E-state index contributed by atoms with van der Waals surface area (Å²) in [7, 11) is 0. The number of benzene rings is 1. The molecular formula is C16H19N3O2. The van der Waals surface area contributed by atoms with E-state index in [1.54, 1.807) is 13.8 Å². The molecule has 0 spiro atoms. The number of amides is 1. The number of nitrogens with zero attached hydrogens (tertiary/aromatic N) is 1. The number of aromatic amines is 1. The highest BCUT2D eigenvalue weighted by atomic mass is 16.2. The molecule has 0 radical (unpaired) electrons. The van der Waals surface area contributed by atoms with E-state index in [0.29, 0.717) is 23.6 Å². The van der Waals surface area contributed by atoms with Crippen LogP contribution in [-0.4, -0.2) is 22.4 Å². The van der Waals surface area contributed by atoms with Gasteiger partial charge < -0.3 is 10.3 Å². The van der Waals surface area contributed by atoms with Gasteiger partial charge in [0.25, 0.3) is 5.56 Å². The van der Waals surface area contributed by atoms with Crippen molar-refractivity contribution in [2.45, 2.75) is 26.7 Å². The van der Waals surface area contributed by atoms with Crippen molar-refractivity contribution in [3.05, 3.63) is 63.3 Å². The number of nitrogens with one attached hydrogen (secondary N) is 2. The van der Waals surface area contributed by atoms with Crippen LogP contribution in [0.25, 0.3) is 0 Å². The molecule has 21 heavy (non-hydrogen) atoms. The number of hydrogen-bond donors (Lipinski definition) is 2. The first-order valence-corrected chi connectivity index (χ1v) is 6.93. The molecule has 1 aromatic carbocycles. The number of aromatic nitrogens is 2. The summed E-state index contributed by atoms with van der Waals surface area (Å²) >= 11 is 0. The Morgan fingerprint density at radius 2 is 1.95 bits per heavy atom. The Bertz CT molecular complexity index is 678. The van der Waals surface area contributed by atoms with Crippen molar-refractivity contribution < 1.29 is 4.79 Å². The standard InChI is InChI=1S/C16H19N3O2/c1-11-14(16(21)19-12(2)18-11)10-15(20)17-9-8-13-6-4-3-5-7-13/h3-7H,8-10H2,1-2H3,(H,17,20)(H,18,19,21). The zero-order valence-corrected chi connectivity index (χ0v) is 12.3. The third-order valence-corrected chi connectivity index (χ3v) is 3.26. The summed E-state index contributed by atoms with van der Waals surface area (Å²) in [5, 5.41) is 2.83. The van der Waals surface area contributed by atoms with E-state index in [9.17, 15) is 9.59 Å². The average Bonchev–Trinajstić information content (AvgIpc) is 2.44. The molecule has 2 rings (SSSR count). The van der Waals surface area contributed by atoms with Crippen LogP contribution in [-0.2, 0) is 17.6 Å². The van der Waals surface area contributed by atoms with Gasteiger partial charge in [-0.05, 0) is 25.8 Å². The Morgan fingerprint density at radius 3 is 2.62 bits per heavy atom. The lowest BCUT2D eigenvalue weighted by atomic mass is 10.1. The van der Waals surface area contributed by atoms with E-state index >= 15 is 0 Å². The predicted octanol–water partition coefficient (Wildman–Crippen LogP) is 1.29. The molecule has 1 heterocycles. The normalized spacial score (nSPS) is 10.4. The Kier molecular flexibility index (Phi) is 4.87. The lowest BCUT2D eigenvalue weighted by Gasteiger charge is -2.07. The van der Waals surface area contributed by atoms with Crippen LogP contribution >= 0.6 is 0 Å². The van der Waals surface area contributed by atoms with E-state index in [0.717, 1.165) is 6.42 Å². The van der Waals surface area contributed by atoms with Crippen molar-refractivity contribution in [2.24, 2.45) is 0 Å². The topological polar surface area (TPSA) is 74.8 Å². The number of aryl methyl sites for hydroxylation is 2. The molecule has 0 unspecified atom stereocenters. The van der Waals surface area contributed by atoms with Gasteiger partial charge in [-0.2, -0.15) is 0 Å². The monoisotopic (exact) mass is 285 g/mol. The minimum absolute atomic E-state index is 0.0588. The van der Waals surface area contributed by atoms with Crippen molar-refractivity contribution >= 4 is 5.91 Å². The van der Waals surface area contributed by atoms with Crippen molar-refractivity contribution in [3.8, 4) is 0 Å². The van der Waals surface area contributed by atoms with E-state index in [4.69, 9.17) is 0 Å². The van der Waals surface area contributed by atoms with Gasteiger partial charge in [0.05, 0.1) is 6.42 Å². The second-order valence-corrected chi connectivity index (χ2v) is 4.98. The summed E-state index contributed by atoms with van der Waals surface area (Å²) in [6, 6.07) is 9.94. The second kappa shape index (κ2) is 6.83. The molecule has 0 aliphatic rings. The molecule has 0 saturated carbocycles. The van der Waals surface area contributed by atoms with E-state index in [-0.39, 0.29) is 17.9 Å². The largest absolute Gasteiger partial charge is 0.355 e. The van der Waals surface area contributed by atoms with Gasteiger partial charge in [0, 0.05) is 17.8 Å².